The van der Waals surface area contributed by atoms with Crippen LogP contribution in [0.4, 0.5) is 5.69 Å². The van der Waals surface area contributed by atoms with Crippen molar-refractivity contribution in [2.75, 3.05) is 45.2 Å². The average Bonchev–Trinajstić information content (AvgIpc) is 3.12. The fourth-order valence-corrected chi connectivity index (χ4v) is 4.38. The Morgan fingerprint density at radius 2 is 2.03 bits per heavy atom. The lowest BCUT2D eigenvalue weighted by atomic mass is 10.3. The van der Waals surface area contributed by atoms with Gasteiger partial charge in [-0.05, 0) is 26.1 Å². The van der Waals surface area contributed by atoms with Crippen LogP contribution in [0, 0.1) is 11.3 Å². The van der Waals surface area contributed by atoms with Crippen LogP contribution >= 0.6 is 11.3 Å². The SMILES string of the molecule is CCn1c(=O)/c(=C\Nc2cccc(OCC(=O)N3CCN(C)CC3)c2)s/c1=C(/C#N)C(=O)O. The molecule has 1 aliphatic heterocycles. The largest absolute Gasteiger partial charge is 0.484 e. The number of benzene rings is 1. The van der Waals surface area contributed by atoms with Crippen molar-refractivity contribution in [1.82, 2.24) is 14.4 Å². The van der Waals surface area contributed by atoms with Crippen molar-refractivity contribution in [3.63, 3.8) is 0 Å². The van der Waals surface area contributed by atoms with E-state index < -0.39 is 11.5 Å². The molecule has 2 aromatic rings. The minimum atomic E-state index is -1.38. The second kappa shape index (κ2) is 10.8. The summed E-state index contributed by atoms with van der Waals surface area (Å²) in [5, 5.41) is 21.4. The molecule has 0 unspecified atom stereocenters. The van der Waals surface area contributed by atoms with Gasteiger partial charge in [0.2, 0.25) is 0 Å². The molecule has 3 rings (SSSR count). The Morgan fingerprint density at radius 1 is 1.30 bits per heavy atom. The zero-order chi connectivity index (χ0) is 24.0. The molecule has 0 spiro atoms. The first kappa shape index (κ1) is 24.0. The molecule has 1 aromatic carbocycles. The van der Waals surface area contributed by atoms with Gasteiger partial charge in [-0.2, -0.15) is 5.26 Å². The third-order valence-corrected chi connectivity index (χ3v) is 6.32. The molecule has 0 aliphatic carbocycles. The van der Waals surface area contributed by atoms with E-state index in [0.29, 0.717) is 24.5 Å². The maximum atomic E-state index is 12.6. The molecular formula is C22H25N5O5S. The van der Waals surface area contributed by atoms with Crippen molar-refractivity contribution in [1.29, 1.82) is 5.26 Å². The molecule has 0 bridgehead atoms. The number of carbonyl (C=O) groups excluding carboxylic acids is 1. The number of carboxylic acid groups (broad SMARTS) is 1. The highest BCUT2D eigenvalue weighted by Crippen LogP contribution is 2.17. The molecule has 1 aromatic heterocycles. The number of nitrogens with one attached hydrogen (secondary N) is 1. The molecule has 11 heteroatoms. The number of amides is 1. The van der Waals surface area contributed by atoms with Gasteiger partial charge in [0.05, 0.1) is 0 Å². The van der Waals surface area contributed by atoms with Gasteiger partial charge in [-0.3, -0.25) is 14.2 Å². The highest BCUT2D eigenvalue weighted by atomic mass is 32.1. The Balaban J connectivity index is 1.74. The van der Waals surface area contributed by atoms with E-state index in [1.807, 2.05) is 7.05 Å². The van der Waals surface area contributed by atoms with Crippen LogP contribution in [-0.4, -0.2) is 71.2 Å². The number of hydrogen-bond donors (Lipinski definition) is 2. The van der Waals surface area contributed by atoms with E-state index >= 15 is 0 Å². The number of anilines is 1. The Bertz CT molecular complexity index is 1250. The minimum absolute atomic E-state index is 0.0612. The number of aliphatic carboxylic acids is 1. The van der Waals surface area contributed by atoms with Crippen molar-refractivity contribution in [3.8, 4) is 11.8 Å². The van der Waals surface area contributed by atoms with Gasteiger partial charge in [-0.15, -0.1) is 11.3 Å². The maximum Gasteiger partial charge on any atom is 0.349 e. The predicted molar refractivity (Wildman–Crippen MR) is 124 cm³/mol. The maximum absolute atomic E-state index is 12.6. The molecule has 10 nitrogen and oxygen atoms in total. The molecular weight excluding hydrogens is 446 g/mol. The molecule has 33 heavy (non-hydrogen) atoms. The second-order valence-electron chi connectivity index (χ2n) is 7.40. The number of piperazine rings is 1. The molecule has 0 atom stereocenters. The summed E-state index contributed by atoms with van der Waals surface area (Å²) < 4.78 is 7.27. The first-order valence-corrected chi connectivity index (χ1v) is 11.2. The zero-order valence-electron chi connectivity index (χ0n) is 18.4. The van der Waals surface area contributed by atoms with E-state index in [0.717, 1.165) is 24.4 Å². The summed E-state index contributed by atoms with van der Waals surface area (Å²) in [7, 11) is 2.02. The van der Waals surface area contributed by atoms with Crippen molar-refractivity contribution in [2.45, 2.75) is 13.5 Å². The smallest absolute Gasteiger partial charge is 0.349 e. The molecule has 0 radical (unpaired) electrons. The fraction of sp³-hybridized carbons (Fsp3) is 0.364. The normalized spacial score (nSPS) is 15.7. The number of aromatic nitrogens is 1. The van der Waals surface area contributed by atoms with Gasteiger partial charge in [0.1, 0.15) is 21.0 Å². The van der Waals surface area contributed by atoms with Gasteiger partial charge in [-0.25, -0.2) is 4.79 Å². The summed E-state index contributed by atoms with van der Waals surface area (Å²) in [5.41, 5.74) is -0.233. The van der Waals surface area contributed by atoms with Crippen molar-refractivity contribution >= 4 is 40.7 Å². The van der Waals surface area contributed by atoms with E-state index in [-0.39, 0.29) is 33.8 Å². The number of rotatable bonds is 7. The lowest BCUT2D eigenvalue weighted by Gasteiger charge is -2.32. The van der Waals surface area contributed by atoms with Crippen LogP contribution < -0.4 is 24.8 Å². The topological polar surface area (TPSA) is 128 Å². The standard InChI is InChI=1S/C22H25N5O5S/c1-3-27-20(29)18(33-21(27)17(12-23)22(30)31)13-24-15-5-4-6-16(11-15)32-14-19(28)26-9-7-25(2)8-10-26/h4-6,11,13,24H,3,7-10,14H2,1-2H3,(H,30,31)/b18-13+,21-17-. The van der Waals surface area contributed by atoms with Gasteiger partial charge in [0.15, 0.2) is 12.2 Å². The summed E-state index contributed by atoms with van der Waals surface area (Å²) in [6.45, 7) is 4.92. The van der Waals surface area contributed by atoms with Crippen LogP contribution in [0.25, 0.3) is 11.8 Å². The Kier molecular flexibility index (Phi) is 7.87. The summed E-state index contributed by atoms with van der Waals surface area (Å²) in [5.74, 6) is -0.946. The molecule has 174 valence electrons. The summed E-state index contributed by atoms with van der Waals surface area (Å²) in [6, 6.07) is 8.60. The number of ether oxygens (including phenoxy) is 1. The van der Waals surface area contributed by atoms with Gasteiger partial charge in [0.25, 0.3) is 11.5 Å². The summed E-state index contributed by atoms with van der Waals surface area (Å²) >= 11 is 0.932. The van der Waals surface area contributed by atoms with Gasteiger partial charge in [0, 0.05) is 50.7 Å². The minimum Gasteiger partial charge on any atom is -0.484 e. The quantitative estimate of drug-likeness (QED) is 0.563. The second-order valence-corrected chi connectivity index (χ2v) is 8.43. The lowest BCUT2D eigenvalue weighted by molar-refractivity contribution is -0.135. The Labute approximate surface area is 194 Å². The molecule has 1 aliphatic rings. The molecule has 1 fully saturated rings. The number of carbonyl (C=O) groups is 2. The zero-order valence-corrected chi connectivity index (χ0v) is 19.2. The highest BCUT2D eigenvalue weighted by Gasteiger charge is 2.19. The monoisotopic (exact) mass is 471 g/mol. The highest BCUT2D eigenvalue weighted by molar-refractivity contribution is 7.07. The van der Waals surface area contributed by atoms with E-state index in [1.165, 1.54) is 10.8 Å². The molecule has 2 N–H and O–H groups in total. The van der Waals surface area contributed by atoms with E-state index in [4.69, 9.17) is 10.00 Å². The summed E-state index contributed by atoms with van der Waals surface area (Å²) in [4.78, 5) is 40.3. The van der Waals surface area contributed by atoms with E-state index in [1.54, 1.807) is 42.2 Å². The molecule has 1 amide bonds. The third-order valence-electron chi connectivity index (χ3n) is 5.19. The Morgan fingerprint density at radius 3 is 2.67 bits per heavy atom. The predicted octanol–water partition coefficient (Wildman–Crippen LogP) is -0.309. The van der Waals surface area contributed by atoms with Crippen LogP contribution in [0.15, 0.2) is 29.1 Å². The molecule has 1 saturated heterocycles. The van der Waals surface area contributed by atoms with Crippen molar-refractivity contribution in [2.24, 2.45) is 0 Å². The number of thiazole rings is 1. The van der Waals surface area contributed by atoms with E-state index in [9.17, 15) is 19.5 Å². The third kappa shape index (κ3) is 5.79. The van der Waals surface area contributed by atoms with Gasteiger partial charge in [-0.1, -0.05) is 6.07 Å². The number of nitriles is 1. The molecule has 2 heterocycles. The van der Waals surface area contributed by atoms with Crippen LogP contribution in [0.1, 0.15) is 6.92 Å². The van der Waals surface area contributed by atoms with Crippen LogP contribution in [-0.2, 0) is 16.1 Å². The fourth-order valence-electron chi connectivity index (χ4n) is 3.30. The van der Waals surface area contributed by atoms with Crippen molar-refractivity contribution in [3.05, 3.63) is 43.8 Å². The average molecular weight is 472 g/mol. The first-order chi connectivity index (χ1) is 15.8. The van der Waals surface area contributed by atoms with Crippen LogP contribution in [0.3, 0.4) is 0 Å². The summed E-state index contributed by atoms with van der Waals surface area (Å²) in [6.07, 6.45) is 1.47. The van der Waals surface area contributed by atoms with Gasteiger partial charge >= 0.3 is 5.97 Å². The number of hydrogen-bond acceptors (Lipinski definition) is 8. The number of carboxylic acids is 1. The number of nitrogens with zero attached hydrogens (tertiary/aromatic N) is 4. The van der Waals surface area contributed by atoms with Gasteiger partial charge < -0.3 is 25.0 Å². The Hall–Kier alpha value is -3.62. The van der Waals surface area contributed by atoms with E-state index in [2.05, 4.69) is 10.2 Å². The first-order valence-electron chi connectivity index (χ1n) is 10.4. The van der Waals surface area contributed by atoms with Crippen LogP contribution in [0.2, 0.25) is 0 Å². The van der Waals surface area contributed by atoms with Crippen LogP contribution in [0.5, 0.6) is 5.75 Å². The lowest BCUT2D eigenvalue weighted by Crippen LogP contribution is -2.48. The van der Waals surface area contributed by atoms with Crippen molar-refractivity contribution < 1.29 is 19.4 Å². The number of likely N-dealkylation sites (N-methyl/N-ethyl adjacent to an activating group) is 1. The molecule has 0 saturated carbocycles.